The van der Waals surface area contributed by atoms with Gasteiger partial charge in [-0.25, -0.2) is 4.39 Å². The Morgan fingerprint density at radius 2 is 2.09 bits per heavy atom. The number of benzene rings is 1. The van der Waals surface area contributed by atoms with Gasteiger partial charge in [-0.3, -0.25) is 0 Å². The zero-order valence-corrected chi connectivity index (χ0v) is 14.7. The topological polar surface area (TPSA) is 21.3 Å². The molecule has 0 spiro atoms. The Balaban J connectivity index is 1.86. The van der Waals surface area contributed by atoms with Crippen molar-refractivity contribution in [3.8, 4) is 0 Å². The first kappa shape index (κ1) is 17.2. The Bertz CT molecular complexity index is 570. The van der Waals surface area contributed by atoms with Crippen molar-refractivity contribution in [3.05, 3.63) is 40.1 Å². The summed E-state index contributed by atoms with van der Waals surface area (Å²) in [6, 6.07) is 3.19. The number of ether oxygens (including phenoxy) is 1. The average Bonchev–Trinajstić information content (AvgIpc) is 3.02. The van der Waals surface area contributed by atoms with Gasteiger partial charge in [0.05, 0.1) is 10.0 Å². The molecule has 0 amide bonds. The van der Waals surface area contributed by atoms with Crippen LogP contribution in [-0.2, 0) is 4.74 Å². The van der Waals surface area contributed by atoms with Gasteiger partial charge in [-0.1, -0.05) is 29.8 Å². The van der Waals surface area contributed by atoms with Crippen molar-refractivity contribution in [1.29, 1.82) is 0 Å². The molecule has 2 nitrogen and oxygen atoms in total. The fourth-order valence-corrected chi connectivity index (χ4v) is 4.15. The largest absolute Gasteiger partial charge is 0.381 e. The predicted molar refractivity (Wildman–Crippen MR) is 93.5 cm³/mol. The molecule has 2 aliphatic heterocycles. The van der Waals surface area contributed by atoms with Gasteiger partial charge in [-0.05, 0) is 61.4 Å². The fourth-order valence-electron chi connectivity index (χ4n) is 3.84. The van der Waals surface area contributed by atoms with Crippen LogP contribution in [0.4, 0.5) is 4.39 Å². The quantitative estimate of drug-likeness (QED) is 0.770. The van der Waals surface area contributed by atoms with Crippen molar-refractivity contribution < 1.29 is 9.13 Å². The van der Waals surface area contributed by atoms with Crippen LogP contribution >= 0.6 is 23.2 Å². The summed E-state index contributed by atoms with van der Waals surface area (Å²) in [5.41, 5.74) is 1.69. The summed E-state index contributed by atoms with van der Waals surface area (Å²) >= 11 is 11.9. The van der Waals surface area contributed by atoms with Gasteiger partial charge >= 0.3 is 0 Å². The first-order chi connectivity index (χ1) is 11.0. The molecule has 126 valence electrons. The third kappa shape index (κ3) is 3.58. The van der Waals surface area contributed by atoms with Crippen molar-refractivity contribution in [2.24, 2.45) is 11.3 Å². The van der Waals surface area contributed by atoms with Crippen LogP contribution < -0.4 is 5.32 Å². The van der Waals surface area contributed by atoms with Crippen LogP contribution in [0.15, 0.2) is 18.7 Å². The Morgan fingerprint density at radius 3 is 2.70 bits per heavy atom. The standard InChI is InChI=1S/C18H22Cl2FNO/c1-12(14-8-15(19)17(20)16(21)9-14)18(4-5-22-11-18)10-13-2-6-23-7-3-13/h8-9,13,22H,1-7,10-11H2. The van der Waals surface area contributed by atoms with Gasteiger partial charge < -0.3 is 10.1 Å². The summed E-state index contributed by atoms with van der Waals surface area (Å²) in [6.07, 6.45) is 4.25. The van der Waals surface area contributed by atoms with E-state index in [1.54, 1.807) is 6.07 Å². The number of nitrogens with one attached hydrogen (secondary N) is 1. The van der Waals surface area contributed by atoms with Gasteiger partial charge in [0.2, 0.25) is 0 Å². The van der Waals surface area contributed by atoms with Crippen LogP contribution in [-0.4, -0.2) is 26.3 Å². The fraction of sp³-hybridized carbons (Fsp3) is 0.556. The first-order valence-corrected chi connectivity index (χ1v) is 8.90. The van der Waals surface area contributed by atoms with Crippen molar-refractivity contribution >= 4 is 28.8 Å². The maximum Gasteiger partial charge on any atom is 0.143 e. The molecule has 0 saturated carbocycles. The highest BCUT2D eigenvalue weighted by atomic mass is 35.5. The highest BCUT2D eigenvalue weighted by molar-refractivity contribution is 6.42. The molecular weight excluding hydrogens is 336 g/mol. The molecule has 1 aromatic carbocycles. The van der Waals surface area contributed by atoms with E-state index in [9.17, 15) is 4.39 Å². The minimum Gasteiger partial charge on any atom is -0.381 e. The zero-order chi connectivity index (χ0) is 16.4. The highest BCUT2D eigenvalue weighted by Gasteiger charge is 2.39. The molecular formula is C18H22Cl2FNO. The zero-order valence-electron chi connectivity index (χ0n) is 13.1. The van der Waals surface area contributed by atoms with E-state index in [-0.39, 0.29) is 15.5 Å². The second kappa shape index (κ2) is 7.10. The normalized spacial score (nSPS) is 25.7. The summed E-state index contributed by atoms with van der Waals surface area (Å²) in [5, 5.41) is 3.67. The number of halogens is 3. The maximum absolute atomic E-state index is 14.0. The maximum atomic E-state index is 14.0. The Morgan fingerprint density at radius 1 is 1.35 bits per heavy atom. The molecule has 3 rings (SSSR count). The monoisotopic (exact) mass is 357 g/mol. The molecule has 0 bridgehead atoms. The van der Waals surface area contributed by atoms with E-state index in [1.165, 1.54) is 6.07 Å². The molecule has 0 aliphatic carbocycles. The van der Waals surface area contributed by atoms with Crippen LogP contribution in [0.1, 0.15) is 31.2 Å². The molecule has 2 saturated heterocycles. The summed E-state index contributed by atoms with van der Waals surface area (Å²) in [5.74, 6) is 0.149. The van der Waals surface area contributed by atoms with Crippen LogP contribution in [0, 0.1) is 17.2 Å². The lowest BCUT2D eigenvalue weighted by Gasteiger charge is -2.36. The molecule has 2 heterocycles. The van der Waals surface area contributed by atoms with Crippen LogP contribution in [0.25, 0.3) is 5.57 Å². The van der Waals surface area contributed by atoms with Gasteiger partial charge in [-0.15, -0.1) is 0 Å². The molecule has 1 unspecified atom stereocenters. The van der Waals surface area contributed by atoms with Gasteiger partial charge in [0.1, 0.15) is 5.82 Å². The third-order valence-corrected chi connectivity index (χ3v) is 6.02. The molecule has 0 radical (unpaired) electrons. The number of rotatable bonds is 4. The second-order valence-corrected chi connectivity index (χ2v) is 7.48. The molecule has 1 aromatic rings. The highest BCUT2D eigenvalue weighted by Crippen LogP contribution is 2.46. The number of hydrogen-bond acceptors (Lipinski definition) is 2. The Kier molecular flexibility index (Phi) is 5.32. The molecule has 1 N–H and O–H groups in total. The van der Waals surface area contributed by atoms with Crippen LogP contribution in [0.2, 0.25) is 10.0 Å². The summed E-state index contributed by atoms with van der Waals surface area (Å²) in [6.45, 7) is 7.83. The molecule has 5 heteroatoms. The van der Waals surface area contributed by atoms with E-state index in [0.29, 0.717) is 5.92 Å². The van der Waals surface area contributed by atoms with Crippen molar-refractivity contribution in [1.82, 2.24) is 5.32 Å². The van der Waals surface area contributed by atoms with E-state index in [4.69, 9.17) is 27.9 Å². The van der Waals surface area contributed by atoms with E-state index in [2.05, 4.69) is 11.9 Å². The molecule has 2 aliphatic rings. The first-order valence-electron chi connectivity index (χ1n) is 8.15. The Hall–Kier alpha value is -0.610. The molecule has 0 aromatic heterocycles. The lowest BCUT2D eigenvalue weighted by atomic mass is 9.70. The Labute approximate surface area is 147 Å². The summed E-state index contributed by atoms with van der Waals surface area (Å²) in [7, 11) is 0. The van der Waals surface area contributed by atoms with Gasteiger partial charge in [0.25, 0.3) is 0 Å². The lowest BCUT2D eigenvalue weighted by Crippen LogP contribution is -2.30. The minimum atomic E-state index is -0.484. The van der Waals surface area contributed by atoms with Crippen molar-refractivity contribution in [3.63, 3.8) is 0 Å². The molecule has 1 atom stereocenters. The van der Waals surface area contributed by atoms with Crippen molar-refractivity contribution in [2.75, 3.05) is 26.3 Å². The van der Waals surface area contributed by atoms with E-state index in [0.717, 1.165) is 63.1 Å². The number of hydrogen-bond donors (Lipinski definition) is 1. The van der Waals surface area contributed by atoms with Crippen LogP contribution in [0.5, 0.6) is 0 Å². The van der Waals surface area contributed by atoms with E-state index in [1.807, 2.05) is 0 Å². The second-order valence-electron chi connectivity index (χ2n) is 6.70. The van der Waals surface area contributed by atoms with Gasteiger partial charge in [0, 0.05) is 25.2 Å². The van der Waals surface area contributed by atoms with Gasteiger partial charge in [-0.2, -0.15) is 0 Å². The molecule has 2 fully saturated rings. The predicted octanol–water partition coefficient (Wildman–Crippen LogP) is 4.94. The SMILES string of the molecule is C=C(c1cc(F)c(Cl)c(Cl)c1)C1(CC2CCOCC2)CCNC1. The smallest absolute Gasteiger partial charge is 0.143 e. The minimum absolute atomic E-state index is 0.0220. The van der Waals surface area contributed by atoms with Gasteiger partial charge in [0.15, 0.2) is 0 Å². The third-order valence-electron chi connectivity index (χ3n) is 5.24. The summed E-state index contributed by atoms with van der Waals surface area (Å²) < 4.78 is 19.4. The van der Waals surface area contributed by atoms with Crippen molar-refractivity contribution in [2.45, 2.75) is 25.7 Å². The van der Waals surface area contributed by atoms with E-state index >= 15 is 0 Å². The average molecular weight is 358 g/mol. The lowest BCUT2D eigenvalue weighted by molar-refractivity contribution is 0.0551. The van der Waals surface area contributed by atoms with Crippen LogP contribution in [0.3, 0.4) is 0 Å². The molecule has 23 heavy (non-hydrogen) atoms. The van der Waals surface area contributed by atoms with E-state index < -0.39 is 5.82 Å². The summed E-state index contributed by atoms with van der Waals surface area (Å²) in [4.78, 5) is 0.